The Morgan fingerprint density at radius 3 is 2.55 bits per heavy atom. The van der Waals surface area contributed by atoms with Crippen molar-refractivity contribution in [3.8, 4) is 11.4 Å². The highest BCUT2D eigenvalue weighted by Crippen LogP contribution is 2.47. The second-order valence-electron chi connectivity index (χ2n) is 9.54. The standard InChI is InChI=1S/C22H30N6O3/c1-13-14-9-15(10-14)28(17(13)11-25-21(30)31-22(2,3)4)20(29)18-16(12-27(5)26-18)19-23-7-6-8-24-19/h6-8,12-15,17H,9-11H2,1-5H3,(H,25,30)/t13-,14?,15?,17?/m1/s1. The summed E-state index contributed by atoms with van der Waals surface area (Å²) in [4.78, 5) is 36.5. The van der Waals surface area contributed by atoms with Crippen LogP contribution in [0, 0.1) is 11.8 Å². The number of amides is 2. The SMILES string of the molecule is C[C@@H]1C2CC(C2)N(C(=O)c2nn(C)cc2-c2ncccn2)C1CNC(=O)OC(C)(C)C. The Balaban J connectivity index is 1.58. The summed E-state index contributed by atoms with van der Waals surface area (Å²) in [6.45, 7) is 7.99. The molecule has 1 saturated carbocycles. The number of aryl methyl sites for hydroxylation is 1. The van der Waals surface area contributed by atoms with Crippen molar-refractivity contribution in [1.29, 1.82) is 0 Å². The number of hydrogen-bond donors (Lipinski definition) is 1. The lowest BCUT2D eigenvalue weighted by Crippen LogP contribution is -2.65. The minimum Gasteiger partial charge on any atom is -0.444 e. The van der Waals surface area contributed by atoms with E-state index in [0.717, 1.165) is 12.8 Å². The van der Waals surface area contributed by atoms with Crippen LogP contribution in [0.25, 0.3) is 11.4 Å². The van der Waals surface area contributed by atoms with Gasteiger partial charge in [-0.05, 0) is 51.5 Å². The van der Waals surface area contributed by atoms with E-state index in [1.54, 1.807) is 36.4 Å². The summed E-state index contributed by atoms with van der Waals surface area (Å²) in [5, 5.41) is 7.31. The molecule has 0 radical (unpaired) electrons. The Labute approximate surface area is 182 Å². The molecule has 9 nitrogen and oxygen atoms in total. The second-order valence-corrected chi connectivity index (χ2v) is 9.54. The van der Waals surface area contributed by atoms with Crippen molar-refractivity contribution in [3.63, 3.8) is 0 Å². The van der Waals surface area contributed by atoms with E-state index in [-0.39, 0.29) is 23.9 Å². The molecular formula is C22H30N6O3. The van der Waals surface area contributed by atoms with Gasteiger partial charge >= 0.3 is 6.09 Å². The molecule has 2 aromatic heterocycles. The van der Waals surface area contributed by atoms with Crippen molar-refractivity contribution >= 4 is 12.0 Å². The monoisotopic (exact) mass is 426 g/mol. The van der Waals surface area contributed by atoms with Crippen LogP contribution in [0.2, 0.25) is 0 Å². The number of aromatic nitrogens is 4. The summed E-state index contributed by atoms with van der Waals surface area (Å²) < 4.78 is 6.99. The Morgan fingerprint density at radius 1 is 1.23 bits per heavy atom. The van der Waals surface area contributed by atoms with Gasteiger partial charge in [0.05, 0.1) is 11.6 Å². The number of nitrogens with one attached hydrogen (secondary N) is 1. The molecular weight excluding hydrogens is 396 g/mol. The maximum atomic E-state index is 13.7. The first-order chi connectivity index (χ1) is 14.6. The minimum absolute atomic E-state index is 0.121. The van der Waals surface area contributed by atoms with Crippen LogP contribution >= 0.6 is 0 Å². The van der Waals surface area contributed by atoms with E-state index in [4.69, 9.17) is 4.74 Å². The molecule has 3 fully saturated rings. The molecule has 166 valence electrons. The number of rotatable bonds is 4. The van der Waals surface area contributed by atoms with Crippen molar-refractivity contribution in [2.45, 2.75) is 58.2 Å². The number of carbonyl (C=O) groups excluding carboxylic acids is 2. The van der Waals surface area contributed by atoms with Crippen LogP contribution in [0.15, 0.2) is 24.7 Å². The summed E-state index contributed by atoms with van der Waals surface area (Å²) in [5.41, 5.74) is 0.382. The number of piperidine rings is 2. The van der Waals surface area contributed by atoms with Gasteiger partial charge in [-0.15, -0.1) is 0 Å². The number of alkyl carbamates (subject to hydrolysis) is 1. The van der Waals surface area contributed by atoms with E-state index in [0.29, 0.717) is 29.5 Å². The molecule has 4 heterocycles. The predicted molar refractivity (Wildman–Crippen MR) is 114 cm³/mol. The van der Waals surface area contributed by atoms with E-state index in [9.17, 15) is 9.59 Å². The summed E-state index contributed by atoms with van der Waals surface area (Å²) in [6.07, 6.45) is 6.57. The molecule has 9 heteroatoms. The molecule has 5 rings (SSSR count). The molecule has 1 N–H and O–H groups in total. The van der Waals surface area contributed by atoms with Gasteiger partial charge in [0.2, 0.25) is 0 Å². The van der Waals surface area contributed by atoms with Crippen LogP contribution in [-0.2, 0) is 11.8 Å². The first kappa shape index (κ1) is 21.3. The average Bonchev–Trinajstić information content (AvgIpc) is 3.06. The Morgan fingerprint density at radius 2 is 1.90 bits per heavy atom. The van der Waals surface area contributed by atoms with Crippen LogP contribution < -0.4 is 5.32 Å². The first-order valence-corrected chi connectivity index (χ1v) is 10.7. The molecule has 0 aromatic carbocycles. The van der Waals surface area contributed by atoms with Gasteiger partial charge in [-0.25, -0.2) is 14.8 Å². The van der Waals surface area contributed by atoms with Crippen molar-refractivity contribution in [2.75, 3.05) is 6.54 Å². The number of carbonyl (C=O) groups is 2. The zero-order valence-electron chi connectivity index (χ0n) is 18.7. The molecule has 3 aliphatic rings. The quantitative estimate of drug-likeness (QED) is 0.806. The van der Waals surface area contributed by atoms with Gasteiger partial charge in [0.25, 0.3) is 5.91 Å². The van der Waals surface area contributed by atoms with E-state index in [1.807, 2.05) is 25.7 Å². The van der Waals surface area contributed by atoms with Gasteiger partial charge in [0.1, 0.15) is 5.60 Å². The topological polar surface area (TPSA) is 102 Å². The molecule has 1 aliphatic carbocycles. The Kier molecular flexibility index (Phi) is 5.45. The van der Waals surface area contributed by atoms with Crippen LogP contribution in [0.3, 0.4) is 0 Å². The van der Waals surface area contributed by atoms with Gasteiger partial charge in [-0.2, -0.15) is 5.10 Å². The lowest BCUT2D eigenvalue weighted by molar-refractivity contribution is -0.0546. The van der Waals surface area contributed by atoms with Crippen LogP contribution in [0.5, 0.6) is 0 Å². The first-order valence-electron chi connectivity index (χ1n) is 10.7. The summed E-state index contributed by atoms with van der Waals surface area (Å²) in [5.74, 6) is 1.16. The molecule has 2 aliphatic heterocycles. The summed E-state index contributed by atoms with van der Waals surface area (Å²) in [6, 6.07) is 1.77. The lowest BCUT2D eigenvalue weighted by Gasteiger charge is -2.57. The number of fused-ring (bicyclic) bond motifs is 2. The lowest BCUT2D eigenvalue weighted by atomic mass is 9.64. The highest BCUT2D eigenvalue weighted by atomic mass is 16.6. The van der Waals surface area contributed by atoms with Crippen LogP contribution in [0.4, 0.5) is 4.79 Å². The van der Waals surface area contributed by atoms with Gasteiger partial charge in [0.15, 0.2) is 11.5 Å². The van der Waals surface area contributed by atoms with Crippen molar-refractivity contribution < 1.29 is 14.3 Å². The third-order valence-electron chi connectivity index (χ3n) is 6.18. The number of ether oxygens (including phenoxy) is 1. The number of nitrogens with zero attached hydrogens (tertiary/aromatic N) is 5. The van der Waals surface area contributed by atoms with Gasteiger partial charge in [0, 0.05) is 38.2 Å². The van der Waals surface area contributed by atoms with E-state index in [1.165, 1.54) is 0 Å². The highest BCUT2D eigenvalue weighted by Gasteiger charge is 2.51. The Bertz CT molecular complexity index is 961. The molecule has 0 spiro atoms. The minimum atomic E-state index is -0.571. The molecule has 31 heavy (non-hydrogen) atoms. The van der Waals surface area contributed by atoms with Gasteiger partial charge < -0.3 is 15.0 Å². The molecule has 2 amide bonds. The molecule has 1 unspecified atom stereocenters. The Hall–Kier alpha value is -2.97. The van der Waals surface area contributed by atoms with E-state index in [2.05, 4.69) is 27.3 Å². The van der Waals surface area contributed by atoms with Crippen molar-refractivity contribution in [1.82, 2.24) is 30.0 Å². The third kappa shape index (κ3) is 4.26. The molecule has 2 bridgehead atoms. The van der Waals surface area contributed by atoms with Crippen molar-refractivity contribution in [3.05, 3.63) is 30.4 Å². The smallest absolute Gasteiger partial charge is 0.407 e. The fourth-order valence-corrected chi connectivity index (χ4v) is 4.60. The van der Waals surface area contributed by atoms with Gasteiger partial charge in [-0.3, -0.25) is 9.48 Å². The largest absolute Gasteiger partial charge is 0.444 e. The van der Waals surface area contributed by atoms with Crippen LogP contribution in [-0.4, -0.2) is 60.9 Å². The fourth-order valence-electron chi connectivity index (χ4n) is 4.60. The molecule has 2 atom stereocenters. The maximum absolute atomic E-state index is 13.7. The average molecular weight is 427 g/mol. The van der Waals surface area contributed by atoms with Crippen LogP contribution in [0.1, 0.15) is 51.0 Å². The summed E-state index contributed by atoms with van der Waals surface area (Å²) >= 11 is 0. The van der Waals surface area contributed by atoms with Crippen molar-refractivity contribution in [2.24, 2.45) is 18.9 Å². The molecule has 2 saturated heterocycles. The van der Waals surface area contributed by atoms with Gasteiger partial charge in [-0.1, -0.05) is 6.92 Å². The predicted octanol–water partition coefficient (Wildman–Crippen LogP) is 2.64. The highest BCUT2D eigenvalue weighted by molar-refractivity contribution is 5.98. The number of hydrogen-bond acceptors (Lipinski definition) is 6. The normalized spacial score (nSPS) is 25.0. The zero-order chi connectivity index (χ0) is 22.3. The van der Waals surface area contributed by atoms with E-state index >= 15 is 0 Å². The maximum Gasteiger partial charge on any atom is 0.407 e. The zero-order valence-corrected chi connectivity index (χ0v) is 18.7. The molecule has 2 aromatic rings. The summed E-state index contributed by atoms with van der Waals surface area (Å²) in [7, 11) is 1.78. The fraction of sp³-hybridized carbons (Fsp3) is 0.591. The van der Waals surface area contributed by atoms with E-state index < -0.39 is 11.7 Å². The second kappa shape index (κ2) is 7.94. The third-order valence-corrected chi connectivity index (χ3v) is 6.18.